The molecule has 2 aromatic heterocycles. The standard InChI is InChI=1S/C24H25N3/c1-16-13-17(2)24(19(4)23(16)26-12-8-11-25-20(26)5)27-15-22-10-7-6-9-21(22)14-18(27)3/h6-15H,1-5H3/q+2. The highest BCUT2D eigenvalue weighted by molar-refractivity contribution is 5.81. The molecule has 0 atom stereocenters. The molecular weight excluding hydrogens is 330 g/mol. The maximum atomic E-state index is 4.48. The first kappa shape index (κ1) is 17.3. The molecule has 0 saturated carbocycles. The first-order chi connectivity index (χ1) is 13.0. The summed E-state index contributed by atoms with van der Waals surface area (Å²) in [5, 5.41) is 2.51. The Bertz CT molecular complexity index is 1180. The van der Waals surface area contributed by atoms with Gasteiger partial charge in [-0.15, -0.1) is 0 Å². The first-order valence-electron chi connectivity index (χ1n) is 9.33. The van der Waals surface area contributed by atoms with Gasteiger partial charge in [0, 0.05) is 36.9 Å². The molecule has 134 valence electrons. The molecule has 4 rings (SSSR count). The van der Waals surface area contributed by atoms with Crippen LogP contribution in [0.4, 0.5) is 0 Å². The minimum atomic E-state index is 0.985. The second-order valence-corrected chi connectivity index (χ2v) is 7.28. The molecule has 0 bridgehead atoms. The van der Waals surface area contributed by atoms with Gasteiger partial charge in [0.15, 0.2) is 11.9 Å². The van der Waals surface area contributed by atoms with Crippen LogP contribution in [-0.4, -0.2) is 4.98 Å². The van der Waals surface area contributed by atoms with E-state index in [9.17, 15) is 0 Å². The van der Waals surface area contributed by atoms with Gasteiger partial charge in [-0.25, -0.2) is 0 Å². The number of fused-ring (bicyclic) bond motifs is 1. The molecule has 27 heavy (non-hydrogen) atoms. The van der Waals surface area contributed by atoms with Crippen molar-refractivity contribution in [1.82, 2.24) is 4.98 Å². The molecule has 0 unspecified atom stereocenters. The van der Waals surface area contributed by atoms with Gasteiger partial charge >= 0.3 is 0 Å². The lowest BCUT2D eigenvalue weighted by atomic mass is 10.0. The summed E-state index contributed by atoms with van der Waals surface area (Å²) < 4.78 is 4.51. The Kier molecular flexibility index (Phi) is 4.23. The third-order valence-corrected chi connectivity index (χ3v) is 5.31. The molecule has 2 heterocycles. The summed E-state index contributed by atoms with van der Waals surface area (Å²) >= 11 is 0. The van der Waals surface area contributed by atoms with Crippen LogP contribution in [0.15, 0.2) is 61.1 Å². The van der Waals surface area contributed by atoms with E-state index in [2.05, 4.69) is 90.6 Å². The summed E-state index contributed by atoms with van der Waals surface area (Å²) in [6.07, 6.45) is 6.18. The van der Waals surface area contributed by atoms with E-state index in [1.165, 1.54) is 44.5 Å². The van der Waals surface area contributed by atoms with Crippen LogP contribution in [0.2, 0.25) is 0 Å². The zero-order valence-electron chi connectivity index (χ0n) is 16.6. The first-order valence-corrected chi connectivity index (χ1v) is 9.33. The van der Waals surface area contributed by atoms with Crippen molar-refractivity contribution in [1.29, 1.82) is 0 Å². The Balaban J connectivity index is 2.04. The Morgan fingerprint density at radius 1 is 0.741 bits per heavy atom. The van der Waals surface area contributed by atoms with Gasteiger partial charge in [0.2, 0.25) is 5.69 Å². The summed E-state index contributed by atoms with van der Waals surface area (Å²) in [5.74, 6) is 0.985. The molecule has 3 nitrogen and oxygen atoms in total. The van der Waals surface area contributed by atoms with E-state index >= 15 is 0 Å². The van der Waals surface area contributed by atoms with E-state index in [0.717, 1.165) is 5.82 Å². The summed E-state index contributed by atoms with van der Waals surface area (Å²) in [4.78, 5) is 4.48. The van der Waals surface area contributed by atoms with Crippen molar-refractivity contribution in [2.45, 2.75) is 34.6 Å². The highest BCUT2D eigenvalue weighted by atomic mass is 15.0. The molecular formula is C24H25N3+2. The average Bonchev–Trinajstić information content (AvgIpc) is 2.63. The van der Waals surface area contributed by atoms with Crippen molar-refractivity contribution in [2.24, 2.45) is 0 Å². The lowest BCUT2D eigenvalue weighted by Gasteiger charge is -2.14. The molecule has 0 aliphatic carbocycles. The molecule has 0 aliphatic rings. The predicted octanol–water partition coefficient (Wildman–Crippen LogP) is 4.33. The second-order valence-electron chi connectivity index (χ2n) is 7.28. The molecule has 0 amide bonds. The molecule has 0 saturated heterocycles. The van der Waals surface area contributed by atoms with Crippen LogP contribution < -0.4 is 9.13 Å². The number of hydrogen-bond acceptors (Lipinski definition) is 1. The normalized spacial score (nSPS) is 11.1. The van der Waals surface area contributed by atoms with Crippen molar-refractivity contribution in [3.63, 3.8) is 0 Å². The van der Waals surface area contributed by atoms with Gasteiger partial charge in [-0.2, -0.15) is 9.13 Å². The number of aryl methyl sites for hydroxylation is 4. The number of hydrogen-bond donors (Lipinski definition) is 0. The Labute approximate surface area is 160 Å². The van der Waals surface area contributed by atoms with Gasteiger partial charge in [0.25, 0.3) is 5.82 Å². The van der Waals surface area contributed by atoms with Crippen LogP contribution in [0.25, 0.3) is 22.1 Å². The van der Waals surface area contributed by atoms with E-state index in [4.69, 9.17) is 0 Å². The number of pyridine rings is 1. The lowest BCUT2D eigenvalue weighted by molar-refractivity contribution is -0.613. The van der Waals surface area contributed by atoms with Crippen LogP contribution in [0.5, 0.6) is 0 Å². The molecule has 0 N–H and O–H groups in total. The maximum Gasteiger partial charge on any atom is 0.300 e. The Hall–Kier alpha value is -3.07. The van der Waals surface area contributed by atoms with Gasteiger partial charge in [0.05, 0.1) is 5.56 Å². The number of benzene rings is 2. The molecule has 3 heteroatoms. The third-order valence-electron chi connectivity index (χ3n) is 5.31. The Morgan fingerprint density at radius 3 is 2.11 bits per heavy atom. The monoisotopic (exact) mass is 355 g/mol. The lowest BCUT2D eigenvalue weighted by Crippen LogP contribution is -2.40. The van der Waals surface area contributed by atoms with E-state index in [-0.39, 0.29) is 0 Å². The quantitative estimate of drug-likeness (QED) is 0.490. The fraction of sp³-hybridized carbons (Fsp3) is 0.208. The summed E-state index contributed by atoms with van der Waals surface area (Å²) in [7, 11) is 0. The number of nitrogens with zero attached hydrogens (tertiary/aromatic N) is 3. The highest BCUT2D eigenvalue weighted by Crippen LogP contribution is 2.24. The topological polar surface area (TPSA) is 20.6 Å². The fourth-order valence-electron chi connectivity index (χ4n) is 4.12. The molecule has 2 aromatic carbocycles. The van der Waals surface area contributed by atoms with Gasteiger partial charge in [-0.1, -0.05) is 23.2 Å². The minimum Gasteiger partial charge on any atom is -0.200 e. The van der Waals surface area contributed by atoms with Crippen molar-refractivity contribution in [2.75, 3.05) is 0 Å². The minimum absolute atomic E-state index is 0.985. The molecule has 0 aliphatic heterocycles. The van der Waals surface area contributed by atoms with Crippen LogP contribution in [0.1, 0.15) is 28.2 Å². The molecule has 0 fully saturated rings. The van der Waals surface area contributed by atoms with Gasteiger partial charge in [-0.05, 0) is 43.9 Å². The summed E-state index contributed by atoms with van der Waals surface area (Å²) in [6.45, 7) is 10.8. The smallest absolute Gasteiger partial charge is 0.200 e. The Morgan fingerprint density at radius 2 is 1.41 bits per heavy atom. The molecule has 4 aromatic rings. The zero-order valence-corrected chi connectivity index (χ0v) is 16.6. The average molecular weight is 355 g/mol. The van der Waals surface area contributed by atoms with Crippen LogP contribution in [0.3, 0.4) is 0 Å². The van der Waals surface area contributed by atoms with E-state index < -0.39 is 0 Å². The van der Waals surface area contributed by atoms with Crippen molar-refractivity contribution in [3.05, 3.63) is 89.3 Å². The third kappa shape index (κ3) is 2.89. The summed E-state index contributed by atoms with van der Waals surface area (Å²) in [6, 6.07) is 15.0. The van der Waals surface area contributed by atoms with Crippen molar-refractivity contribution in [3.8, 4) is 11.4 Å². The largest absolute Gasteiger partial charge is 0.300 e. The van der Waals surface area contributed by atoms with E-state index in [0.29, 0.717) is 0 Å². The van der Waals surface area contributed by atoms with Gasteiger partial charge in [0.1, 0.15) is 18.1 Å². The SMILES string of the molecule is Cc1cc(C)c(-[n+]2cccnc2C)c(C)c1-[n+]1cc2ccccc2cc1C. The van der Waals surface area contributed by atoms with Gasteiger partial charge < -0.3 is 0 Å². The number of aromatic nitrogens is 3. The van der Waals surface area contributed by atoms with E-state index in [1.807, 2.05) is 19.2 Å². The van der Waals surface area contributed by atoms with Crippen molar-refractivity contribution < 1.29 is 9.13 Å². The van der Waals surface area contributed by atoms with E-state index in [1.54, 1.807) is 0 Å². The zero-order chi connectivity index (χ0) is 19.1. The maximum absolute atomic E-state index is 4.48. The second kappa shape index (κ2) is 6.58. The predicted molar refractivity (Wildman–Crippen MR) is 108 cm³/mol. The molecule has 0 spiro atoms. The van der Waals surface area contributed by atoms with Crippen LogP contribution >= 0.6 is 0 Å². The van der Waals surface area contributed by atoms with Crippen LogP contribution in [-0.2, 0) is 0 Å². The fourth-order valence-corrected chi connectivity index (χ4v) is 4.12. The van der Waals surface area contributed by atoms with Gasteiger partial charge in [-0.3, -0.25) is 0 Å². The highest BCUT2D eigenvalue weighted by Gasteiger charge is 2.25. The van der Waals surface area contributed by atoms with Crippen LogP contribution in [0, 0.1) is 34.6 Å². The summed E-state index contributed by atoms with van der Waals surface area (Å²) in [5.41, 5.74) is 7.48. The van der Waals surface area contributed by atoms with Crippen molar-refractivity contribution >= 4 is 10.8 Å². The molecule has 0 radical (unpaired) electrons. The number of rotatable bonds is 2.